The summed E-state index contributed by atoms with van der Waals surface area (Å²) in [6, 6.07) is 5.55. The van der Waals surface area contributed by atoms with Crippen LogP contribution in [0.25, 0.3) is 0 Å². The van der Waals surface area contributed by atoms with Crippen molar-refractivity contribution >= 4 is 51.6 Å². The number of hydrogen-bond acceptors (Lipinski definition) is 8. The van der Waals surface area contributed by atoms with Crippen molar-refractivity contribution in [3.8, 4) is 5.75 Å². The number of aryl methyl sites for hydroxylation is 2. The van der Waals surface area contributed by atoms with E-state index in [0.717, 1.165) is 16.0 Å². The maximum Gasteiger partial charge on any atom is 0.341 e. The number of amides is 1. The molecule has 0 bridgehead atoms. The number of ether oxygens (including phenoxy) is 2. The van der Waals surface area contributed by atoms with Gasteiger partial charge in [-0.2, -0.15) is 0 Å². The van der Waals surface area contributed by atoms with E-state index < -0.39 is 5.97 Å². The standard InChI is InChI=1S/C21H23ClN4O4S2/c1-11-6-7-14(22)15(8-11)30-9-16-24-25-21(26(16)4)31-10-17(27)23-19-18(20(28)29-5)12(2)13(3)32-19/h6-8H,9-10H2,1-5H3,(H,23,27). The predicted molar refractivity (Wildman–Crippen MR) is 126 cm³/mol. The average molecular weight is 495 g/mol. The summed E-state index contributed by atoms with van der Waals surface area (Å²) in [4.78, 5) is 25.5. The third kappa shape index (κ3) is 5.43. The number of esters is 1. The van der Waals surface area contributed by atoms with Crippen LogP contribution in [0.2, 0.25) is 5.02 Å². The molecule has 3 rings (SSSR count). The number of thiophene rings is 1. The lowest BCUT2D eigenvalue weighted by Crippen LogP contribution is -2.16. The Balaban J connectivity index is 1.60. The summed E-state index contributed by atoms with van der Waals surface area (Å²) in [5, 5.41) is 12.7. The Kier molecular flexibility index (Phi) is 7.81. The van der Waals surface area contributed by atoms with E-state index in [4.69, 9.17) is 21.1 Å². The number of methoxy groups -OCH3 is 1. The minimum absolute atomic E-state index is 0.104. The summed E-state index contributed by atoms with van der Waals surface area (Å²) >= 11 is 8.75. The number of carbonyl (C=O) groups excluding carboxylic acids is 2. The smallest absolute Gasteiger partial charge is 0.341 e. The Morgan fingerprint density at radius 2 is 2.00 bits per heavy atom. The third-order valence-electron chi connectivity index (χ3n) is 4.73. The number of benzene rings is 1. The summed E-state index contributed by atoms with van der Waals surface area (Å²) in [6.07, 6.45) is 0. The molecule has 0 saturated heterocycles. The van der Waals surface area contributed by atoms with E-state index in [1.54, 1.807) is 17.7 Å². The second-order valence-electron chi connectivity index (χ2n) is 7.00. The first-order valence-electron chi connectivity index (χ1n) is 9.59. The topological polar surface area (TPSA) is 95.3 Å². The van der Waals surface area contributed by atoms with E-state index in [2.05, 4.69) is 15.5 Å². The molecule has 170 valence electrons. The predicted octanol–water partition coefficient (Wildman–Crippen LogP) is 4.55. The molecule has 0 aliphatic carbocycles. The first-order chi connectivity index (χ1) is 15.2. The Hall–Kier alpha value is -2.56. The Morgan fingerprint density at radius 1 is 1.25 bits per heavy atom. The molecule has 1 N–H and O–H groups in total. The summed E-state index contributed by atoms with van der Waals surface area (Å²) < 4.78 is 12.4. The molecule has 3 aromatic rings. The van der Waals surface area contributed by atoms with Gasteiger partial charge in [0, 0.05) is 11.9 Å². The molecule has 2 heterocycles. The molecule has 0 fully saturated rings. The van der Waals surface area contributed by atoms with Crippen molar-refractivity contribution in [1.29, 1.82) is 0 Å². The van der Waals surface area contributed by atoms with Crippen LogP contribution in [-0.4, -0.2) is 39.5 Å². The van der Waals surface area contributed by atoms with Gasteiger partial charge in [-0.3, -0.25) is 4.79 Å². The molecule has 0 saturated carbocycles. The van der Waals surface area contributed by atoms with Crippen molar-refractivity contribution in [2.45, 2.75) is 32.5 Å². The van der Waals surface area contributed by atoms with Crippen LogP contribution in [0, 0.1) is 20.8 Å². The summed E-state index contributed by atoms with van der Waals surface area (Å²) in [5.74, 6) is 0.553. The number of nitrogens with zero attached hydrogens (tertiary/aromatic N) is 3. The van der Waals surface area contributed by atoms with Crippen LogP contribution in [0.15, 0.2) is 23.4 Å². The minimum atomic E-state index is -0.471. The maximum atomic E-state index is 12.5. The molecule has 0 aliphatic heterocycles. The zero-order valence-corrected chi connectivity index (χ0v) is 20.7. The van der Waals surface area contributed by atoms with Crippen LogP contribution in [-0.2, 0) is 23.2 Å². The molecule has 2 aromatic heterocycles. The summed E-state index contributed by atoms with van der Waals surface area (Å²) in [7, 11) is 3.12. The van der Waals surface area contributed by atoms with Crippen LogP contribution in [0.4, 0.5) is 5.00 Å². The highest BCUT2D eigenvalue weighted by molar-refractivity contribution is 7.99. The molecule has 11 heteroatoms. The molecule has 8 nitrogen and oxygen atoms in total. The van der Waals surface area contributed by atoms with Crippen molar-refractivity contribution in [3.05, 3.63) is 50.6 Å². The normalized spacial score (nSPS) is 10.8. The van der Waals surface area contributed by atoms with E-state index in [-0.39, 0.29) is 18.3 Å². The van der Waals surface area contributed by atoms with Gasteiger partial charge in [0.05, 0.1) is 23.4 Å². The fourth-order valence-electron chi connectivity index (χ4n) is 2.82. The third-order valence-corrected chi connectivity index (χ3v) is 7.18. The van der Waals surface area contributed by atoms with E-state index in [0.29, 0.717) is 32.3 Å². The fraction of sp³-hybridized carbons (Fsp3) is 0.333. The van der Waals surface area contributed by atoms with Crippen LogP contribution in [0.3, 0.4) is 0 Å². The number of rotatable bonds is 8. The molecule has 0 aliphatic rings. The van der Waals surface area contributed by atoms with Crippen molar-refractivity contribution in [1.82, 2.24) is 14.8 Å². The van der Waals surface area contributed by atoms with Gasteiger partial charge in [0.15, 0.2) is 11.0 Å². The molecule has 1 aromatic carbocycles. The molecule has 0 unspecified atom stereocenters. The monoisotopic (exact) mass is 494 g/mol. The highest BCUT2D eigenvalue weighted by Crippen LogP contribution is 2.33. The zero-order valence-electron chi connectivity index (χ0n) is 18.3. The van der Waals surface area contributed by atoms with Gasteiger partial charge in [-0.05, 0) is 44.0 Å². The first kappa shape index (κ1) is 24.1. The second kappa shape index (κ2) is 10.4. The van der Waals surface area contributed by atoms with E-state index >= 15 is 0 Å². The van der Waals surface area contributed by atoms with Gasteiger partial charge in [0.2, 0.25) is 5.91 Å². The van der Waals surface area contributed by atoms with Crippen molar-refractivity contribution in [2.24, 2.45) is 7.05 Å². The lowest BCUT2D eigenvalue weighted by atomic mass is 10.1. The average Bonchev–Trinajstić information content (AvgIpc) is 3.25. The lowest BCUT2D eigenvalue weighted by molar-refractivity contribution is -0.113. The number of nitrogens with one attached hydrogen (secondary N) is 1. The van der Waals surface area contributed by atoms with Gasteiger partial charge in [-0.1, -0.05) is 29.4 Å². The quantitative estimate of drug-likeness (QED) is 0.362. The van der Waals surface area contributed by atoms with Crippen LogP contribution in [0.5, 0.6) is 5.75 Å². The van der Waals surface area contributed by atoms with E-state index in [1.165, 1.54) is 30.2 Å². The second-order valence-corrected chi connectivity index (χ2v) is 9.57. The minimum Gasteiger partial charge on any atom is -0.484 e. The highest BCUT2D eigenvalue weighted by Gasteiger charge is 2.22. The molecule has 0 spiro atoms. The Morgan fingerprint density at radius 3 is 2.72 bits per heavy atom. The molecular formula is C21H23ClN4O4S2. The van der Waals surface area contributed by atoms with E-state index in [9.17, 15) is 9.59 Å². The fourth-order valence-corrected chi connectivity index (χ4v) is 4.78. The van der Waals surface area contributed by atoms with Crippen LogP contribution < -0.4 is 10.1 Å². The lowest BCUT2D eigenvalue weighted by Gasteiger charge is -2.09. The molecular weight excluding hydrogens is 472 g/mol. The largest absolute Gasteiger partial charge is 0.484 e. The van der Waals surface area contributed by atoms with Crippen LogP contribution >= 0.6 is 34.7 Å². The van der Waals surface area contributed by atoms with Crippen molar-refractivity contribution < 1.29 is 19.1 Å². The van der Waals surface area contributed by atoms with E-state index in [1.807, 2.05) is 32.9 Å². The summed E-state index contributed by atoms with van der Waals surface area (Å²) in [6.45, 7) is 5.87. The van der Waals surface area contributed by atoms with Gasteiger partial charge < -0.3 is 19.4 Å². The van der Waals surface area contributed by atoms with Gasteiger partial charge in [0.1, 0.15) is 17.4 Å². The number of anilines is 1. The Bertz CT molecular complexity index is 1160. The number of aromatic nitrogens is 3. The van der Waals surface area contributed by atoms with Gasteiger partial charge >= 0.3 is 5.97 Å². The molecule has 0 radical (unpaired) electrons. The van der Waals surface area contributed by atoms with Gasteiger partial charge in [0.25, 0.3) is 0 Å². The maximum absolute atomic E-state index is 12.5. The number of halogens is 1. The molecule has 32 heavy (non-hydrogen) atoms. The van der Waals surface area contributed by atoms with Crippen LogP contribution in [0.1, 0.15) is 32.2 Å². The zero-order chi connectivity index (χ0) is 23.4. The Labute approximate surface area is 199 Å². The van der Waals surface area contributed by atoms with Crippen molar-refractivity contribution in [2.75, 3.05) is 18.2 Å². The number of carbonyl (C=O) groups is 2. The number of hydrogen-bond donors (Lipinski definition) is 1. The first-order valence-corrected chi connectivity index (χ1v) is 11.8. The highest BCUT2D eigenvalue weighted by atomic mass is 35.5. The SMILES string of the molecule is COC(=O)c1c(NC(=O)CSc2nnc(COc3cc(C)ccc3Cl)n2C)sc(C)c1C. The van der Waals surface area contributed by atoms with Gasteiger partial charge in [-0.25, -0.2) is 4.79 Å². The molecule has 0 atom stereocenters. The summed E-state index contributed by atoms with van der Waals surface area (Å²) in [5.41, 5.74) is 2.23. The van der Waals surface area contributed by atoms with Gasteiger partial charge in [-0.15, -0.1) is 21.5 Å². The number of thioether (sulfide) groups is 1. The molecule has 1 amide bonds. The van der Waals surface area contributed by atoms with Crippen molar-refractivity contribution in [3.63, 3.8) is 0 Å².